The molecule has 0 fully saturated rings. The number of ether oxygens (including phenoxy) is 1. The van der Waals surface area contributed by atoms with E-state index in [-0.39, 0.29) is 5.88 Å². The number of benzene rings is 2. The Morgan fingerprint density at radius 2 is 1.70 bits per heavy atom. The van der Waals surface area contributed by atoms with E-state index >= 15 is 0 Å². The Labute approximate surface area is 136 Å². The van der Waals surface area contributed by atoms with Gasteiger partial charge in [-0.1, -0.05) is 0 Å². The number of halogens is 1. The fraction of sp³-hybridized carbons (Fsp3) is 0.0625. The molecule has 0 saturated heterocycles. The van der Waals surface area contributed by atoms with E-state index in [1.165, 1.54) is 6.07 Å². The van der Waals surface area contributed by atoms with Gasteiger partial charge in [0, 0.05) is 0 Å². The predicted octanol–water partition coefficient (Wildman–Crippen LogP) is 2.59. The van der Waals surface area contributed by atoms with Crippen molar-refractivity contribution >= 4 is 34.9 Å². The van der Waals surface area contributed by atoms with Gasteiger partial charge in [0.1, 0.15) is 17.3 Å². The number of fused-ring (bicyclic) bond motifs is 1. The van der Waals surface area contributed by atoms with Crippen molar-refractivity contribution in [1.82, 2.24) is 5.32 Å². The first-order valence-corrected chi connectivity index (χ1v) is 7.27. The van der Waals surface area contributed by atoms with Crippen LogP contribution in [0, 0.1) is 0 Å². The summed E-state index contributed by atoms with van der Waals surface area (Å²) in [6.45, 7) is 0. The number of nitrogens with zero attached hydrogens (tertiary/aromatic N) is 1. The highest BCUT2D eigenvalue weighted by Gasteiger charge is 2.26. The molecular weight excluding hydrogens is 318 g/mol. The second-order valence-electron chi connectivity index (χ2n) is 4.82. The van der Waals surface area contributed by atoms with Gasteiger partial charge in [-0.3, -0.25) is 14.9 Å². The number of alkyl halides is 1. The highest BCUT2D eigenvalue weighted by molar-refractivity contribution is 6.28. The molecule has 2 aromatic carbocycles. The standard InChI is InChI=1S/C16H12ClN3O3/c17-8-14(18)19-9-1-3-10(4-2-9)23-11-5-6-12-13(7-11)16(22)20-15(12)21/h1-7H,8H2,(H2,18,19)(H,20,21,22). The minimum atomic E-state index is -0.420. The molecule has 23 heavy (non-hydrogen) atoms. The highest BCUT2D eigenvalue weighted by Crippen LogP contribution is 2.27. The average Bonchev–Trinajstić information content (AvgIpc) is 2.83. The molecule has 3 rings (SSSR count). The van der Waals surface area contributed by atoms with E-state index in [1.807, 2.05) is 0 Å². The molecule has 0 aromatic heterocycles. The lowest BCUT2D eigenvalue weighted by Crippen LogP contribution is -2.19. The molecule has 1 aliphatic heterocycles. The van der Waals surface area contributed by atoms with Crippen LogP contribution in [0.15, 0.2) is 47.5 Å². The molecule has 7 heteroatoms. The molecular formula is C16H12ClN3O3. The zero-order chi connectivity index (χ0) is 16.4. The van der Waals surface area contributed by atoms with Crippen LogP contribution in [0.5, 0.6) is 11.5 Å². The van der Waals surface area contributed by atoms with Gasteiger partial charge in [-0.15, -0.1) is 11.6 Å². The van der Waals surface area contributed by atoms with Gasteiger partial charge in [0.15, 0.2) is 0 Å². The summed E-state index contributed by atoms with van der Waals surface area (Å²) >= 11 is 5.57. The molecule has 1 aliphatic rings. The monoisotopic (exact) mass is 329 g/mol. The van der Waals surface area contributed by atoms with Gasteiger partial charge in [0.25, 0.3) is 11.8 Å². The summed E-state index contributed by atoms with van der Waals surface area (Å²) in [4.78, 5) is 27.2. The number of aliphatic imine (C=N–C) groups is 1. The maximum Gasteiger partial charge on any atom is 0.259 e. The SMILES string of the molecule is NC(CCl)=Nc1ccc(Oc2ccc3c(c2)C(=O)NC3=O)cc1. The van der Waals surface area contributed by atoms with Crippen molar-refractivity contribution in [2.24, 2.45) is 10.7 Å². The van der Waals surface area contributed by atoms with Crippen molar-refractivity contribution in [3.63, 3.8) is 0 Å². The van der Waals surface area contributed by atoms with Gasteiger partial charge < -0.3 is 10.5 Å². The quantitative estimate of drug-likeness (QED) is 0.390. The third-order valence-corrected chi connectivity index (χ3v) is 3.46. The zero-order valence-electron chi connectivity index (χ0n) is 11.9. The number of nitrogens with two attached hydrogens (primary N) is 1. The molecule has 0 aliphatic carbocycles. The summed E-state index contributed by atoms with van der Waals surface area (Å²) in [5.41, 5.74) is 6.89. The molecule has 0 unspecified atom stereocenters. The lowest BCUT2D eigenvalue weighted by molar-refractivity contribution is 0.0879. The van der Waals surface area contributed by atoms with Crippen LogP contribution in [0.25, 0.3) is 0 Å². The smallest absolute Gasteiger partial charge is 0.259 e. The Kier molecular flexibility index (Phi) is 3.99. The molecule has 0 radical (unpaired) electrons. The number of hydrogen-bond acceptors (Lipinski definition) is 4. The van der Waals surface area contributed by atoms with Crippen molar-refractivity contribution in [2.45, 2.75) is 0 Å². The molecule has 0 bridgehead atoms. The number of rotatable bonds is 4. The summed E-state index contributed by atoms with van der Waals surface area (Å²) in [7, 11) is 0. The maximum atomic E-state index is 11.6. The van der Waals surface area contributed by atoms with Crippen LogP contribution in [0.3, 0.4) is 0 Å². The van der Waals surface area contributed by atoms with E-state index in [4.69, 9.17) is 22.1 Å². The summed E-state index contributed by atoms with van der Waals surface area (Å²) in [5, 5.41) is 2.23. The van der Waals surface area contributed by atoms with E-state index in [9.17, 15) is 9.59 Å². The molecule has 1 heterocycles. The van der Waals surface area contributed by atoms with Gasteiger partial charge in [-0.25, -0.2) is 4.99 Å². The van der Waals surface area contributed by atoms with Crippen molar-refractivity contribution in [2.75, 3.05) is 5.88 Å². The Morgan fingerprint density at radius 1 is 1.04 bits per heavy atom. The largest absolute Gasteiger partial charge is 0.457 e. The van der Waals surface area contributed by atoms with Crippen LogP contribution in [0.4, 0.5) is 5.69 Å². The summed E-state index contributed by atoms with van der Waals surface area (Å²) < 4.78 is 5.68. The van der Waals surface area contributed by atoms with Crippen molar-refractivity contribution in [3.8, 4) is 11.5 Å². The maximum absolute atomic E-state index is 11.6. The number of carbonyl (C=O) groups is 2. The number of imide groups is 1. The minimum Gasteiger partial charge on any atom is -0.457 e. The lowest BCUT2D eigenvalue weighted by Gasteiger charge is -2.07. The summed E-state index contributed by atoms with van der Waals surface area (Å²) in [6.07, 6.45) is 0. The molecule has 3 N–H and O–H groups in total. The van der Waals surface area contributed by atoms with Crippen molar-refractivity contribution < 1.29 is 14.3 Å². The topological polar surface area (TPSA) is 93.8 Å². The second kappa shape index (κ2) is 6.10. The van der Waals surface area contributed by atoms with Gasteiger partial charge >= 0.3 is 0 Å². The lowest BCUT2D eigenvalue weighted by atomic mass is 10.1. The van der Waals surface area contributed by atoms with Crippen LogP contribution < -0.4 is 15.8 Å². The molecule has 116 valence electrons. The van der Waals surface area contributed by atoms with Crippen LogP contribution in [-0.4, -0.2) is 23.5 Å². The predicted molar refractivity (Wildman–Crippen MR) is 86.8 cm³/mol. The number of amidine groups is 1. The average molecular weight is 330 g/mol. The van der Waals surface area contributed by atoms with E-state index in [1.54, 1.807) is 36.4 Å². The fourth-order valence-electron chi connectivity index (χ4n) is 2.13. The Hall–Kier alpha value is -2.86. The first-order valence-electron chi connectivity index (χ1n) is 6.73. The third-order valence-electron chi connectivity index (χ3n) is 3.19. The Bertz CT molecular complexity index is 816. The molecule has 6 nitrogen and oxygen atoms in total. The minimum absolute atomic E-state index is 0.161. The van der Waals surface area contributed by atoms with E-state index < -0.39 is 11.8 Å². The van der Waals surface area contributed by atoms with Crippen LogP contribution in [0.2, 0.25) is 0 Å². The molecule has 0 saturated carbocycles. The first kappa shape index (κ1) is 15.1. The van der Waals surface area contributed by atoms with Crippen molar-refractivity contribution in [3.05, 3.63) is 53.6 Å². The van der Waals surface area contributed by atoms with Gasteiger partial charge in [0.05, 0.1) is 22.7 Å². The molecule has 0 atom stereocenters. The zero-order valence-corrected chi connectivity index (χ0v) is 12.6. The van der Waals surface area contributed by atoms with E-state index in [2.05, 4.69) is 10.3 Å². The van der Waals surface area contributed by atoms with Gasteiger partial charge in [-0.2, -0.15) is 0 Å². The third kappa shape index (κ3) is 3.17. The second-order valence-corrected chi connectivity index (χ2v) is 5.09. The van der Waals surface area contributed by atoms with E-state index in [0.717, 1.165) is 0 Å². The van der Waals surface area contributed by atoms with Gasteiger partial charge in [-0.05, 0) is 42.5 Å². The van der Waals surface area contributed by atoms with Crippen LogP contribution >= 0.6 is 11.6 Å². The molecule has 0 spiro atoms. The Morgan fingerprint density at radius 3 is 2.39 bits per heavy atom. The summed E-state index contributed by atoms with van der Waals surface area (Å²) in [5.74, 6) is 0.707. The van der Waals surface area contributed by atoms with Gasteiger partial charge in [0.2, 0.25) is 0 Å². The highest BCUT2D eigenvalue weighted by atomic mass is 35.5. The van der Waals surface area contributed by atoms with Crippen LogP contribution in [0.1, 0.15) is 20.7 Å². The molecule has 2 aromatic rings. The number of hydrogen-bond donors (Lipinski definition) is 2. The first-order chi connectivity index (χ1) is 11.1. The number of nitrogens with one attached hydrogen (secondary N) is 1. The fourth-order valence-corrected chi connectivity index (χ4v) is 2.19. The van der Waals surface area contributed by atoms with Crippen molar-refractivity contribution in [1.29, 1.82) is 0 Å². The summed E-state index contributed by atoms with van der Waals surface area (Å²) in [6, 6.07) is 11.6. The molecule has 2 amide bonds. The van der Waals surface area contributed by atoms with E-state index in [0.29, 0.717) is 34.1 Å². The van der Waals surface area contributed by atoms with Crippen LogP contribution in [-0.2, 0) is 0 Å². The Balaban J connectivity index is 1.79. The number of amides is 2. The number of carbonyl (C=O) groups excluding carboxylic acids is 2. The normalized spacial score (nSPS) is 13.7.